The number of ether oxygens (including phenoxy) is 2. The third kappa shape index (κ3) is 3.23. The SMILES string of the molecule is COc1cc(OC)c2nc(NC(=O)c3cc(Cl)sc3Cl)sc2c1. The van der Waals surface area contributed by atoms with Crippen molar-refractivity contribution < 1.29 is 14.3 Å². The molecule has 9 heteroatoms. The first kappa shape index (κ1) is 16.3. The van der Waals surface area contributed by atoms with Gasteiger partial charge in [0.25, 0.3) is 5.91 Å². The highest BCUT2D eigenvalue weighted by molar-refractivity contribution is 7.22. The highest BCUT2D eigenvalue weighted by Gasteiger charge is 2.17. The highest BCUT2D eigenvalue weighted by atomic mass is 35.5. The zero-order valence-corrected chi connectivity index (χ0v) is 15.1. The summed E-state index contributed by atoms with van der Waals surface area (Å²) in [7, 11) is 3.13. The largest absolute Gasteiger partial charge is 0.497 e. The van der Waals surface area contributed by atoms with Gasteiger partial charge in [-0.15, -0.1) is 11.3 Å². The Morgan fingerprint density at radius 3 is 2.57 bits per heavy atom. The van der Waals surface area contributed by atoms with Crippen molar-refractivity contribution in [2.24, 2.45) is 0 Å². The summed E-state index contributed by atoms with van der Waals surface area (Å²) in [6.45, 7) is 0. The van der Waals surface area contributed by atoms with Crippen molar-refractivity contribution in [2.45, 2.75) is 0 Å². The summed E-state index contributed by atoms with van der Waals surface area (Å²) in [6.07, 6.45) is 0. The lowest BCUT2D eigenvalue weighted by Crippen LogP contribution is -2.10. The van der Waals surface area contributed by atoms with E-state index in [0.717, 1.165) is 16.0 Å². The van der Waals surface area contributed by atoms with Gasteiger partial charge in [-0.25, -0.2) is 4.98 Å². The molecule has 5 nitrogen and oxygen atoms in total. The van der Waals surface area contributed by atoms with Gasteiger partial charge in [-0.3, -0.25) is 10.1 Å². The predicted octanol–water partition coefficient (Wildman–Crippen LogP) is 4.93. The number of hydrogen-bond donors (Lipinski definition) is 1. The maximum atomic E-state index is 12.3. The number of carbonyl (C=O) groups excluding carboxylic acids is 1. The standard InChI is InChI=1S/C14H10Cl2N2O3S2/c1-20-6-3-8(21-2)11-9(4-6)22-14(17-11)18-13(19)7-5-10(15)23-12(7)16/h3-5H,1-2H3,(H,17,18,19). The Morgan fingerprint density at radius 1 is 1.17 bits per heavy atom. The maximum Gasteiger partial charge on any atom is 0.259 e. The Kier molecular flexibility index (Phi) is 4.63. The van der Waals surface area contributed by atoms with Gasteiger partial charge in [0.05, 0.1) is 28.8 Å². The van der Waals surface area contributed by atoms with Gasteiger partial charge in [-0.1, -0.05) is 34.5 Å². The summed E-state index contributed by atoms with van der Waals surface area (Å²) >= 11 is 14.3. The average molecular weight is 389 g/mol. The zero-order chi connectivity index (χ0) is 16.6. The van der Waals surface area contributed by atoms with Crippen LogP contribution < -0.4 is 14.8 Å². The van der Waals surface area contributed by atoms with Crippen LogP contribution in [0.1, 0.15) is 10.4 Å². The fourth-order valence-corrected chi connectivity index (χ4v) is 4.33. The third-order valence-electron chi connectivity index (χ3n) is 3.01. The first-order valence-corrected chi connectivity index (χ1v) is 8.69. The molecule has 1 N–H and O–H groups in total. The molecule has 0 bridgehead atoms. The molecule has 0 spiro atoms. The first-order valence-electron chi connectivity index (χ1n) is 6.30. The summed E-state index contributed by atoms with van der Waals surface area (Å²) in [5.41, 5.74) is 0.980. The molecule has 0 aliphatic carbocycles. The monoisotopic (exact) mass is 388 g/mol. The minimum atomic E-state index is -0.358. The van der Waals surface area contributed by atoms with Gasteiger partial charge in [0.1, 0.15) is 21.4 Å². The van der Waals surface area contributed by atoms with Crippen LogP contribution in [-0.2, 0) is 0 Å². The summed E-state index contributed by atoms with van der Waals surface area (Å²) in [5.74, 6) is 0.874. The number of fused-ring (bicyclic) bond motifs is 1. The van der Waals surface area contributed by atoms with Crippen LogP contribution >= 0.6 is 45.9 Å². The number of nitrogens with zero attached hydrogens (tertiary/aromatic N) is 1. The Labute approximate surface area is 149 Å². The Balaban J connectivity index is 1.94. The number of methoxy groups -OCH3 is 2. The lowest BCUT2D eigenvalue weighted by Gasteiger charge is -2.03. The molecular formula is C14H10Cl2N2O3S2. The van der Waals surface area contributed by atoms with Gasteiger partial charge < -0.3 is 9.47 Å². The van der Waals surface area contributed by atoms with E-state index in [2.05, 4.69) is 10.3 Å². The Morgan fingerprint density at radius 2 is 1.96 bits per heavy atom. The fourth-order valence-electron chi connectivity index (χ4n) is 1.96. The number of nitrogens with one attached hydrogen (secondary N) is 1. The number of benzene rings is 1. The summed E-state index contributed by atoms with van der Waals surface area (Å²) < 4.78 is 12.2. The molecule has 0 saturated carbocycles. The van der Waals surface area contributed by atoms with Gasteiger partial charge in [0.2, 0.25) is 0 Å². The number of hydrogen-bond acceptors (Lipinski definition) is 6. The minimum Gasteiger partial charge on any atom is -0.497 e. The molecule has 1 amide bonds. The highest BCUT2D eigenvalue weighted by Crippen LogP contribution is 2.37. The van der Waals surface area contributed by atoms with E-state index in [-0.39, 0.29) is 5.91 Å². The van der Waals surface area contributed by atoms with Gasteiger partial charge >= 0.3 is 0 Å². The van der Waals surface area contributed by atoms with Gasteiger partial charge in [0, 0.05) is 6.07 Å². The zero-order valence-electron chi connectivity index (χ0n) is 12.0. The average Bonchev–Trinajstić information content (AvgIpc) is 3.07. The second kappa shape index (κ2) is 6.52. The number of thiophene rings is 1. The first-order chi connectivity index (χ1) is 11.0. The molecule has 0 atom stereocenters. The predicted molar refractivity (Wildman–Crippen MR) is 95.0 cm³/mol. The molecule has 2 aromatic heterocycles. The van der Waals surface area contributed by atoms with Crippen LogP contribution in [0.3, 0.4) is 0 Å². The number of thiazole rings is 1. The van der Waals surface area contributed by atoms with E-state index in [1.807, 2.05) is 6.07 Å². The van der Waals surface area contributed by atoms with Crippen molar-refractivity contribution in [3.8, 4) is 11.5 Å². The number of carbonyl (C=O) groups is 1. The molecular weight excluding hydrogens is 379 g/mol. The van der Waals surface area contributed by atoms with Gasteiger partial charge in [0.15, 0.2) is 5.13 Å². The summed E-state index contributed by atoms with van der Waals surface area (Å²) in [6, 6.07) is 5.10. The molecule has 23 heavy (non-hydrogen) atoms. The molecule has 0 aliphatic rings. The van der Waals surface area contributed by atoms with E-state index in [1.165, 1.54) is 17.4 Å². The minimum absolute atomic E-state index is 0.325. The van der Waals surface area contributed by atoms with E-state index in [9.17, 15) is 4.79 Å². The number of rotatable bonds is 4. The lowest BCUT2D eigenvalue weighted by atomic mass is 10.3. The van der Waals surface area contributed by atoms with E-state index >= 15 is 0 Å². The van der Waals surface area contributed by atoms with Crippen LogP contribution in [0.15, 0.2) is 18.2 Å². The molecule has 3 aromatic rings. The van der Waals surface area contributed by atoms with E-state index in [1.54, 1.807) is 20.3 Å². The molecule has 0 unspecified atom stereocenters. The number of halogens is 2. The molecule has 0 saturated heterocycles. The van der Waals surface area contributed by atoms with Crippen LogP contribution in [0.25, 0.3) is 10.2 Å². The van der Waals surface area contributed by atoms with E-state index in [4.69, 9.17) is 32.7 Å². The molecule has 2 heterocycles. The molecule has 3 rings (SSSR count). The van der Waals surface area contributed by atoms with Crippen molar-refractivity contribution in [3.05, 3.63) is 32.4 Å². The molecule has 120 valence electrons. The molecule has 0 radical (unpaired) electrons. The second-order valence-corrected chi connectivity index (χ2v) is 7.70. The third-order valence-corrected chi connectivity index (χ3v) is 5.42. The van der Waals surface area contributed by atoms with Crippen molar-refractivity contribution in [3.63, 3.8) is 0 Å². The van der Waals surface area contributed by atoms with Crippen molar-refractivity contribution in [1.29, 1.82) is 0 Å². The lowest BCUT2D eigenvalue weighted by molar-refractivity contribution is 0.102. The van der Waals surface area contributed by atoms with Crippen LogP contribution in [0.5, 0.6) is 11.5 Å². The van der Waals surface area contributed by atoms with Crippen molar-refractivity contribution in [2.75, 3.05) is 19.5 Å². The van der Waals surface area contributed by atoms with Crippen LogP contribution in [0.4, 0.5) is 5.13 Å². The Hall–Kier alpha value is -1.54. The van der Waals surface area contributed by atoms with Crippen LogP contribution in [0, 0.1) is 0 Å². The van der Waals surface area contributed by atoms with Crippen LogP contribution in [-0.4, -0.2) is 25.1 Å². The molecule has 1 aromatic carbocycles. The van der Waals surface area contributed by atoms with Crippen molar-refractivity contribution in [1.82, 2.24) is 4.98 Å². The number of aromatic nitrogens is 1. The molecule has 0 aliphatic heterocycles. The smallest absolute Gasteiger partial charge is 0.259 e. The summed E-state index contributed by atoms with van der Waals surface area (Å²) in [5, 5.41) is 3.17. The van der Waals surface area contributed by atoms with Gasteiger partial charge in [-0.05, 0) is 12.1 Å². The van der Waals surface area contributed by atoms with E-state index in [0.29, 0.717) is 36.4 Å². The van der Waals surface area contributed by atoms with Gasteiger partial charge in [-0.2, -0.15) is 0 Å². The van der Waals surface area contributed by atoms with E-state index < -0.39 is 0 Å². The second-order valence-electron chi connectivity index (χ2n) is 4.39. The number of amides is 1. The fraction of sp³-hybridized carbons (Fsp3) is 0.143. The van der Waals surface area contributed by atoms with Crippen LogP contribution in [0.2, 0.25) is 8.67 Å². The number of anilines is 1. The molecule has 0 fully saturated rings. The quantitative estimate of drug-likeness (QED) is 0.687. The van der Waals surface area contributed by atoms with Crippen molar-refractivity contribution >= 4 is 67.1 Å². The topological polar surface area (TPSA) is 60.5 Å². The maximum absolute atomic E-state index is 12.3. The normalized spacial score (nSPS) is 10.8. The Bertz CT molecular complexity index is 892. The summed E-state index contributed by atoms with van der Waals surface area (Å²) in [4.78, 5) is 16.7.